The largest absolute Gasteiger partial charge is 0.341 e. The molecule has 8 nitrogen and oxygen atoms in total. The molecule has 216 valence electrons. The molecule has 2 aromatic carbocycles. The summed E-state index contributed by atoms with van der Waals surface area (Å²) in [6.45, 7) is 5.44. The summed E-state index contributed by atoms with van der Waals surface area (Å²) in [7, 11) is -4.06. The Morgan fingerprint density at radius 1 is 1.05 bits per heavy atom. The van der Waals surface area contributed by atoms with Gasteiger partial charge in [-0.05, 0) is 62.0 Å². The summed E-state index contributed by atoms with van der Waals surface area (Å²) in [5.41, 5.74) is 4.04. The van der Waals surface area contributed by atoms with Crippen LogP contribution in [0.2, 0.25) is 5.15 Å². The van der Waals surface area contributed by atoms with Crippen molar-refractivity contribution >= 4 is 49.0 Å². The average Bonchev–Trinajstić information content (AvgIpc) is 3.68. The Hall–Kier alpha value is -2.76. The van der Waals surface area contributed by atoms with Gasteiger partial charge in [0.1, 0.15) is 5.82 Å². The van der Waals surface area contributed by atoms with E-state index in [2.05, 4.69) is 40.0 Å². The molecule has 5 aromatic rings. The molecular weight excluding hydrogens is 576 g/mol. The van der Waals surface area contributed by atoms with Gasteiger partial charge in [0.05, 0.1) is 17.1 Å². The fraction of sp³-hybridized carbons (Fsp3) is 0.400. The van der Waals surface area contributed by atoms with Gasteiger partial charge < -0.3 is 4.98 Å². The fourth-order valence-electron chi connectivity index (χ4n) is 5.78. The van der Waals surface area contributed by atoms with E-state index < -0.39 is 16.1 Å². The van der Waals surface area contributed by atoms with Crippen molar-refractivity contribution in [2.45, 2.75) is 63.1 Å². The highest BCUT2D eigenvalue weighted by Crippen LogP contribution is 2.35. The summed E-state index contributed by atoms with van der Waals surface area (Å²) >= 11 is 7.88. The second-order valence-corrected chi connectivity index (χ2v) is 13.7. The zero-order valence-electron chi connectivity index (χ0n) is 23.2. The van der Waals surface area contributed by atoms with E-state index in [9.17, 15) is 8.42 Å². The van der Waals surface area contributed by atoms with E-state index in [1.807, 2.05) is 35.7 Å². The molecule has 4 heterocycles. The number of benzene rings is 2. The molecule has 1 atom stereocenters. The van der Waals surface area contributed by atoms with Crippen molar-refractivity contribution in [2.24, 2.45) is 0 Å². The number of aromatic amines is 1. The van der Waals surface area contributed by atoms with Gasteiger partial charge in [0.15, 0.2) is 15.1 Å². The summed E-state index contributed by atoms with van der Waals surface area (Å²) in [6.07, 6.45) is 7.47. The maximum Gasteiger partial charge on any atom is 0.262 e. The van der Waals surface area contributed by atoms with E-state index in [0.717, 1.165) is 42.7 Å². The molecular formula is C30H35ClN6O2S2. The molecule has 41 heavy (non-hydrogen) atoms. The number of nitrogens with one attached hydrogen (secondary N) is 1. The molecule has 0 amide bonds. The first-order valence-electron chi connectivity index (χ1n) is 14.3. The van der Waals surface area contributed by atoms with Gasteiger partial charge in [-0.1, -0.05) is 67.8 Å². The van der Waals surface area contributed by atoms with Crippen LogP contribution in [0.25, 0.3) is 16.0 Å². The third-order valence-corrected chi connectivity index (χ3v) is 11.0. The number of rotatable bonds is 11. The highest BCUT2D eigenvalue weighted by Gasteiger charge is 2.38. The first kappa shape index (κ1) is 28.4. The number of thiazole rings is 1. The van der Waals surface area contributed by atoms with Gasteiger partial charge in [-0.25, -0.2) is 18.4 Å². The number of hydrogen-bond acceptors (Lipinski definition) is 6. The van der Waals surface area contributed by atoms with E-state index in [1.165, 1.54) is 36.2 Å². The number of halogens is 1. The van der Waals surface area contributed by atoms with Gasteiger partial charge in [0.25, 0.3) is 10.0 Å². The number of imidazole rings is 2. The minimum absolute atomic E-state index is 0.00722. The Balaban J connectivity index is 1.46. The molecule has 1 saturated heterocycles. The molecule has 1 unspecified atom stereocenters. The number of piperidine rings is 1. The van der Waals surface area contributed by atoms with Gasteiger partial charge >= 0.3 is 0 Å². The van der Waals surface area contributed by atoms with Gasteiger partial charge in [0, 0.05) is 24.7 Å². The first-order chi connectivity index (χ1) is 20.0. The second kappa shape index (κ2) is 12.2. The molecule has 0 bridgehead atoms. The molecule has 1 N–H and O–H groups in total. The number of unbranched alkanes of at least 4 members (excludes halogenated alkanes) is 1. The number of fused-ring (bicyclic) bond motifs is 2. The predicted octanol–water partition coefficient (Wildman–Crippen LogP) is 6.69. The molecule has 1 aliphatic heterocycles. The molecule has 0 aliphatic carbocycles. The maximum absolute atomic E-state index is 14.6. The lowest BCUT2D eigenvalue weighted by Crippen LogP contribution is -2.38. The third kappa shape index (κ3) is 5.81. The van der Waals surface area contributed by atoms with Crippen molar-refractivity contribution in [2.75, 3.05) is 19.6 Å². The second-order valence-electron chi connectivity index (χ2n) is 10.7. The standard InChI is InChI=1S/C30H35ClN6O2S2/c1-2-3-17-37(41(38,39)29-27(31)34-30-36(29)18-19-40-30)26(28-32-24-13-7-8-14-25(24)33-28)20-22-11-5-6-12-23(22)21-35-15-9-4-10-16-35/h5-8,11-14,18-19,26H,2-4,9-10,15-17,20-21H2,1H3,(H,32,33). The van der Waals surface area contributed by atoms with Gasteiger partial charge in [-0.2, -0.15) is 4.31 Å². The summed E-state index contributed by atoms with van der Waals surface area (Å²) in [5.74, 6) is 0.626. The third-order valence-electron chi connectivity index (χ3n) is 7.91. The van der Waals surface area contributed by atoms with Crippen LogP contribution < -0.4 is 0 Å². The highest BCUT2D eigenvalue weighted by atomic mass is 35.5. The lowest BCUT2D eigenvalue weighted by molar-refractivity contribution is 0.219. The number of sulfonamides is 1. The Morgan fingerprint density at radius 3 is 2.59 bits per heavy atom. The van der Waals surface area contributed by atoms with Crippen LogP contribution >= 0.6 is 22.9 Å². The van der Waals surface area contributed by atoms with Crippen LogP contribution in [0.4, 0.5) is 0 Å². The molecule has 0 spiro atoms. The van der Waals surface area contributed by atoms with Crippen molar-refractivity contribution in [3.63, 3.8) is 0 Å². The molecule has 11 heteroatoms. The van der Waals surface area contributed by atoms with Crippen LogP contribution in [0.1, 0.15) is 62.0 Å². The van der Waals surface area contributed by atoms with Gasteiger partial charge in [0.2, 0.25) is 0 Å². The molecule has 1 aliphatic rings. The summed E-state index contributed by atoms with van der Waals surface area (Å²) < 4.78 is 32.4. The van der Waals surface area contributed by atoms with E-state index in [-0.39, 0.29) is 10.2 Å². The summed E-state index contributed by atoms with van der Waals surface area (Å²) in [4.78, 5) is 15.8. The Labute approximate surface area is 250 Å². The lowest BCUT2D eigenvalue weighted by atomic mass is 9.98. The smallest absolute Gasteiger partial charge is 0.262 e. The minimum Gasteiger partial charge on any atom is -0.341 e. The predicted molar refractivity (Wildman–Crippen MR) is 165 cm³/mol. The Kier molecular flexibility index (Phi) is 8.46. The topological polar surface area (TPSA) is 86.6 Å². The number of likely N-dealkylation sites (tertiary alicyclic amines) is 1. The summed E-state index contributed by atoms with van der Waals surface area (Å²) in [5, 5.41) is 1.82. The number of para-hydroxylation sites is 2. The van der Waals surface area contributed by atoms with Crippen LogP contribution in [-0.4, -0.2) is 56.6 Å². The number of hydrogen-bond donors (Lipinski definition) is 1. The Bertz CT molecular complexity index is 1700. The zero-order chi connectivity index (χ0) is 28.4. The van der Waals surface area contributed by atoms with E-state index in [4.69, 9.17) is 16.6 Å². The fourth-order valence-corrected chi connectivity index (χ4v) is 8.82. The van der Waals surface area contributed by atoms with Gasteiger partial charge in [-0.15, -0.1) is 11.3 Å². The number of H-pyrrole nitrogens is 1. The average molecular weight is 611 g/mol. The van der Waals surface area contributed by atoms with Crippen LogP contribution in [0.3, 0.4) is 0 Å². The molecule has 0 radical (unpaired) electrons. The summed E-state index contributed by atoms with van der Waals surface area (Å²) in [6, 6.07) is 15.7. The number of aromatic nitrogens is 4. The van der Waals surface area contributed by atoms with Crippen LogP contribution in [0.5, 0.6) is 0 Å². The van der Waals surface area contributed by atoms with Crippen LogP contribution in [-0.2, 0) is 23.0 Å². The minimum atomic E-state index is -4.06. The van der Waals surface area contributed by atoms with Crippen molar-refractivity contribution in [1.29, 1.82) is 0 Å². The monoisotopic (exact) mass is 610 g/mol. The molecule has 0 saturated carbocycles. The van der Waals surface area contributed by atoms with Crippen molar-refractivity contribution in [3.05, 3.63) is 82.2 Å². The Morgan fingerprint density at radius 2 is 1.80 bits per heavy atom. The number of nitrogens with zero attached hydrogens (tertiary/aromatic N) is 5. The molecule has 1 fully saturated rings. The van der Waals surface area contributed by atoms with Crippen LogP contribution in [0, 0.1) is 0 Å². The van der Waals surface area contributed by atoms with Crippen molar-refractivity contribution < 1.29 is 8.42 Å². The maximum atomic E-state index is 14.6. The highest BCUT2D eigenvalue weighted by molar-refractivity contribution is 7.89. The molecule has 3 aromatic heterocycles. The van der Waals surface area contributed by atoms with Crippen LogP contribution in [0.15, 0.2) is 65.1 Å². The lowest BCUT2D eigenvalue weighted by Gasteiger charge is -2.31. The quantitative estimate of drug-likeness (QED) is 0.180. The van der Waals surface area contributed by atoms with Crippen molar-refractivity contribution in [1.82, 2.24) is 28.6 Å². The zero-order valence-corrected chi connectivity index (χ0v) is 25.6. The first-order valence-corrected chi connectivity index (χ1v) is 17.0. The van der Waals surface area contributed by atoms with E-state index >= 15 is 0 Å². The molecule has 6 rings (SSSR count). The van der Waals surface area contributed by atoms with E-state index in [0.29, 0.717) is 30.2 Å². The van der Waals surface area contributed by atoms with Gasteiger partial charge in [-0.3, -0.25) is 9.30 Å². The normalized spacial score (nSPS) is 15.8. The SMILES string of the molecule is CCCCN(C(Cc1ccccc1CN1CCCCC1)c1nc2ccccc2[nH]1)S(=O)(=O)c1c(Cl)nc2sccn12. The van der Waals surface area contributed by atoms with Crippen molar-refractivity contribution in [3.8, 4) is 0 Å². The van der Waals surface area contributed by atoms with E-state index in [1.54, 1.807) is 14.9 Å².